The summed E-state index contributed by atoms with van der Waals surface area (Å²) in [7, 11) is 0. The number of benzene rings is 2. The Morgan fingerprint density at radius 3 is 2.25 bits per heavy atom. The Bertz CT molecular complexity index is 937. The minimum atomic E-state index is -0.971. The molecule has 1 atom stereocenters. The highest BCUT2D eigenvalue weighted by molar-refractivity contribution is 9.10. The fourth-order valence-corrected chi connectivity index (χ4v) is 3.52. The summed E-state index contributed by atoms with van der Waals surface area (Å²) in [4.78, 5) is 37.6. The van der Waals surface area contributed by atoms with Crippen LogP contribution in [0.15, 0.2) is 64.6 Å². The maximum absolute atomic E-state index is 12.7. The monoisotopic (exact) mass is 443 g/mol. The van der Waals surface area contributed by atoms with Gasteiger partial charge in [-0.25, -0.2) is 0 Å². The lowest BCUT2D eigenvalue weighted by atomic mass is 9.95. The molecule has 0 radical (unpaired) electrons. The number of amides is 1. The lowest BCUT2D eigenvalue weighted by Gasteiger charge is -2.25. The van der Waals surface area contributed by atoms with Gasteiger partial charge < -0.3 is 15.1 Å². The molecule has 1 aliphatic heterocycles. The quantitative estimate of drug-likeness (QED) is 0.402. The second-order valence-corrected chi connectivity index (χ2v) is 7.32. The molecular weight excluding hydrogens is 426 g/mol. The standard InChI is InChI=1S/C21H18BrNO5/c22-15-10-8-13(9-11-15)18-17(19(26)14-5-2-1-3-6-14)20(27)21(28)23(18)12-4-7-16(24)25/h1-3,5-6,8-11,18,26H,4,7,12H2,(H,24,25)/b19-17-. The number of likely N-dealkylation sites (tertiary alicyclic amines) is 1. The van der Waals surface area contributed by atoms with Gasteiger partial charge in [0.25, 0.3) is 11.7 Å². The normalized spacial score (nSPS) is 18.5. The van der Waals surface area contributed by atoms with E-state index in [1.165, 1.54) is 4.90 Å². The van der Waals surface area contributed by atoms with Crippen molar-refractivity contribution >= 4 is 39.3 Å². The third kappa shape index (κ3) is 3.99. The molecule has 144 valence electrons. The Morgan fingerprint density at radius 1 is 1.00 bits per heavy atom. The van der Waals surface area contributed by atoms with Crippen LogP contribution in [-0.2, 0) is 14.4 Å². The van der Waals surface area contributed by atoms with E-state index in [0.29, 0.717) is 11.1 Å². The molecule has 7 heteroatoms. The summed E-state index contributed by atoms with van der Waals surface area (Å²) in [6.45, 7) is 0.100. The van der Waals surface area contributed by atoms with Crippen LogP contribution in [0.2, 0.25) is 0 Å². The number of hydrogen-bond donors (Lipinski definition) is 2. The van der Waals surface area contributed by atoms with Gasteiger partial charge in [-0.15, -0.1) is 0 Å². The van der Waals surface area contributed by atoms with Gasteiger partial charge >= 0.3 is 5.97 Å². The van der Waals surface area contributed by atoms with Crippen LogP contribution in [-0.4, -0.2) is 39.3 Å². The van der Waals surface area contributed by atoms with Crippen molar-refractivity contribution < 1.29 is 24.6 Å². The molecule has 28 heavy (non-hydrogen) atoms. The molecule has 1 unspecified atom stereocenters. The zero-order valence-corrected chi connectivity index (χ0v) is 16.4. The molecule has 0 saturated carbocycles. The van der Waals surface area contributed by atoms with E-state index >= 15 is 0 Å². The number of nitrogens with zero attached hydrogens (tertiary/aromatic N) is 1. The van der Waals surface area contributed by atoms with Crippen LogP contribution in [0.25, 0.3) is 5.76 Å². The fraction of sp³-hybridized carbons (Fsp3) is 0.190. The average molecular weight is 444 g/mol. The third-order valence-electron chi connectivity index (χ3n) is 4.56. The summed E-state index contributed by atoms with van der Waals surface area (Å²) in [6.07, 6.45) is 0.0928. The Labute approximate surface area is 170 Å². The highest BCUT2D eigenvalue weighted by Crippen LogP contribution is 2.39. The van der Waals surface area contributed by atoms with Crippen LogP contribution < -0.4 is 0 Å². The lowest BCUT2D eigenvalue weighted by Crippen LogP contribution is -2.31. The number of rotatable bonds is 6. The van der Waals surface area contributed by atoms with E-state index in [-0.39, 0.29) is 30.7 Å². The van der Waals surface area contributed by atoms with Crippen molar-refractivity contribution in [1.29, 1.82) is 0 Å². The van der Waals surface area contributed by atoms with Crippen molar-refractivity contribution in [2.45, 2.75) is 18.9 Å². The van der Waals surface area contributed by atoms with Gasteiger partial charge in [0.2, 0.25) is 0 Å². The molecule has 0 aromatic heterocycles. The van der Waals surface area contributed by atoms with Crippen molar-refractivity contribution in [1.82, 2.24) is 4.90 Å². The lowest BCUT2D eigenvalue weighted by molar-refractivity contribution is -0.140. The first kappa shape index (κ1) is 19.8. The molecule has 0 bridgehead atoms. The number of carbonyl (C=O) groups is 3. The van der Waals surface area contributed by atoms with E-state index in [1.807, 2.05) is 0 Å². The molecule has 2 aromatic carbocycles. The number of aliphatic hydroxyl groups excluding tert-OH is 1. The summed E-state index contributed by atoms with van der Waals surface area (Å²) in [5.74, 6) is -2.73. The van der Waals surface area contributed by atoms with Gasteiger partial charge in [-0.05, 0) is 24.1 Å². The maximum atomic E-state index is 12.7. The van der Waals surface area contributed by atoms with Crippen molar-refractivity contribution in [3.8, 4) is 0 Å². The molecule has 0 aliphatic carbocycles. The first-order chi connectivity index (χ1) is 13.4. The number of carboxylic acid groups (broad SMARTS) is 1. The van der Waals surface area contributed by atoms with Crippen molar-refractivity contribution in [2.75, 3.05) is 6.54 Å². The predicted molar refractivity (Wildman–Crippen MR) is 106 cm³/mol. The molecule has 2 aromatic rings. The molecule has 1 fully saturated rings. The topological polar surface area (TPSA) is 94.9 Å². The van der Waals surface area contributed by atoms with E-state index in [2.05, 4.69) is 15.9 Å². The number of ketones is 1. The van der Waals surface area contributed by atoms with E-state index in [0.717, 1.165) is 4.47 Å². The highest BCUT2D eigenvalue weighted by Gasteiger charge is 2.45. The fourth-order valence-electron chi connectivity index (χ4n) is 3.25. The predicted octanol–water partition coefficient (Wildman–Crippen LogP) is 3.74. The third-order valence-corrected chi connectivity index (χ3v) is 5.09. The number of Topliss-reactive ketones (excluding diaryl/α,β-unsaturated/α-hetero) is 1. The zero-order valence-electron chi connectivity index (χ0n) is 14.8. The van der Waals surface area contributed by atoms with Gasteiger partial charge in [0.15, 0.2) is 0 Å². The Kier molecular flexibility index (Phi) is 5.94. The first-order valence-corrected chi connectivity index (χ1v) is 9.50. The van der Waals surface area contributed by atoms with Gasteiger partial charge in [-0.2, -0.15) is 0 Å². The van der Waals surface area contributed by atoms with Gasteiger partial charge in [0, 0.05) is 23.0 Å². The van der Waals surface area contributed by atoms with Crippen LogP contribution in [0, 0.1) is 0 Å². The Hall–Kier alpha value is -2.93. The summed E-state index contributed by atoms with van der Waals surface area (Å²) in [5.41, 5.74) is 1.11. The van der Waals surface area contributed by atoms with E-state index in [9.17, 15) is 19.5 Å². The summed E-state index contributed by atoms with van der Waals surface area (Å²) >= 11 is 3.36. The number of carboxylic acids is 1. The van der Waals surface area contributed by atoms with Gasteiger partial charge in [-0.1, -0.05) is 58.4 Å². The minimum absolute atomic E-state index is 0.00819. The van der Waals surface area contributed by atoms with Crippen LogP contribution in [0.1, 0.15) is 30.0 Å². The minimum Gasteiger partial charge on any atom is -0.507 e. The van der Waals surface area contributed by atoms with Crippen molar-refractivity contribution in [2.24, 2.45) is 0 Å². The second-order valence-electron chi connectivity index (χ2n) is 6.41. The van der Waals surface area contributed by atoms with Crippen molar-refractivity contribution in [3.63, 3.8) is 0 Å². The molecular formula is C21H18BrNO5. The van der Waals surface area contributed by atoms with E-state index in [4.69, 9.17) is 5.11 Å². The van der Waals surface area contributed by atoms with Crippen LogP contribution in [0.4, 0.5) is 0 Å². The van der Waals surface area contributed by atoms with Gasteiger partial charge in [0.05, 0.1) is 11.6 Å². The smallest absolute Gasteiger partial charge is 0.303 e. The van der Waals surface area contributed by atoms with Crippen LogP contribution >= 0.6 is 15.9 Å². The van der Waals surface area contributed by atoms with Crippen LogP contribution in [0.3, 0.4) is 0 Å². The van der Waals surface area contributed by atoms with Gasteiger partial charge in [0.1, 0.15) is 5.76 Å². The largest absolute Gasteiger partial charge is 0.507 e. The molecule has 0 spiro atoms. The summed E-state index contributed by atoms with van der Waals surface area (Å²) in [6, 6.07) is 14.9. The zero-order chi connectivity index (χ0) is 20.3. The summed E-state index contributed by atoms with van der Waals surface area (Å²) in [5, 5.41) is 19.7. The number of aliphatic carboxylic acids is 1. The molecule has 1 heterocycles. The number of carbonyl (C=O) groups excluding carboxylic acids is 2. The molecule has 6 nitrogen and oxygen atoms in total. The average Bonchev–Trinajstić information content (AvgIpc) is 2.93. The highest BCUT2D eigenvalue weighted by atomic mass is 79.9. The van der Waals surface area contributed by atoms with Crippen molar-refractivity contribution in [3.05, 3.63) is 75.8 Å². The van der Waals surface area contributed by atoms with E-state index < -0.39 is 23.7 Å². The maximum Gasteiger partial charge on any atom is 0.303 e. The molecule has 1 saturated heterocycles. The Morgan fingerprint density at radius 2 is 1.64 bits per heavy atom. The number of hydrogen-bond acceptors (Lipinski definition) is 4. The van der Waals surface area contributed by atoms with Gasteiger partial charge in [-0.3, -0.25) is 14.4 Å². The number of aliphatic hydroxyl groups is 1. The Balaban J connectivity index is 2.08. The molecule has 1 aliphatic rings. The molecule has 1 amide bonds. The molecule has 3 rings (SSSR count). The second kappa shape index (κ2) is 8.39. The first-order valence-electron chi connectivity index (χ1n) is 8.71. The molecule has 2 N–H and O–H groups in total. The number of halogens is 1. The van der Waals surface area contributed by atoms with E-state index in [1.54, 1.807) is 54.6 Å². The van der Waals surface area contributed by atoms with Crippen LogP contribution in [0.5, 0.6) is 0 Å². The SMILES string of the molecule is O=C(O)CCCN1C(=O)C(=O)/C(=C(\O)c2ccccc2)C1c1ccc(Br)cc1. The summed E-state index contributed by atoms with van der Waals surface area (Å²) < 4.78 is 0.835.